The lowest BCUT2D eigenvalue weighted by molar-refractivity contribution is 0.146. The molecule has 1 heterocycles. The summed E-state index contributed by atoms with van der Waals surface area (Å²) in [6.45, 7) is 5.04. The van der Waals surface area contributed by atoms with Gasteiger partial charge >= 0.3 is 0 Å². The highest BCUT2D eigenvalue weighted by atomic mass is 32.2. The van der Waals surface area contributed by atoms with Crippen LogP contribution in [-0.4, -0.2) is 21.6 Å². The zero-order valence-corrected chi connectivity index (χ0v) is 17.3. The van der Waals surface area contributed by atoms with Crippen LogP contribution in [0.2, 0.25) is 0 Å². The first kappa shape index (κ1) is 19.6. The van der Waals surface area contributed by atoms with Gasteiger partial charge in [0.05, 0.1) is 18.1 Å². The first-order valence-electron chi connectivity index (χ1n) is 9.54. The van der Waals surface area contributed by atoms with Crippen LogP contribution in [0.25, 0.3) is 16.3 Å². The second-order valence-corrected chi connectivity index (χ2v) is 9.10. The largest absolute Gasteiger partial charge is 0.371 e. The molecule has 0 amide bonds. The molecule has 0 atom stereocenters. The summed E-state index contributed by atoms with van der Waals surface area (Å²) < 4.78 is 33.5. The second-order valence-electron chi connectivity index (χ2n) is 7.34. The van der Waals surface area contributed by atoms with E-state index in [0.717, 1.165) is 27.8 Å². The Morgan fingerprint density at radius 3 is 2.59 bits per heavy atom. The van der Waals surface area contributed by atoms with Gasteiger partial charge in [0.15, 0.2) is 0 Å². The smallest absolute Gasteiger partial charge is 0.240 e. The molecule has 1 N–H and O–H groups in total. The van der Waals surface area contributed by atoms with Crippen molar-refractivity contribution in [3.8, 4) is 0 Å². The fourth-order valence-electron chi connectivity index (χ4n) is 3.53. The fourth-order valence-corrected chi connectivity index (χ4v) is 4.60. The minimum atomic E-state index is -3.56. The van der Waals surface area contributed by atoms with Gasteiger partial charge in [0.2, 0.25) is 10.0 Å². The normalized spacial score (nSPS) is 13.8. The lowest BCUT2D eigenvalue weighted by Gasteiger charge is -2.20. The minimum absolute atomic E-state index is 0.194. The number of sulfonamides is 1. The van der Waals surface area contributed by atoms with Gasteiger partial charge in [-0.1, -0.05) is 54.1 Å². The van der Waals surface area contributed by atoms with E-state index in [1.165, 1.54) is 10.8 Å². The quantitative estimate of drug-likeness (QED) is 0.646. The fraction of sp³-hybridized carbons (Fsp3) is 0.208. The summed E-state index contributed by atoms with van der Waals surface area (Å²) in [7, 11) is -3.56. The molecular formula is C24H23NO3S. The van der Waals surface area contributed by atoms with E-state index >= 15 is 0 Å². The van der Waals surface area contributed by atoms with Crippen LogP contribution in [0.4, 0.5) is 0 Å². The number of aryl methyl sites for hydroxylation is 1. The molecular weight excluding hydrogens is 382 g/mol. The van der Waals surface area contributed by atoms with Gasteiger partial charge in [0, 0.05) is 17.7 Å². The molecule has 3 aromatic rings. The first-order valence-corrected chi connectivity index (χ1v) is 11.0. The van der Waals surface area contributed by atoms with Crippen molar-refractivity contribution >= 4 is 26.4 Å². The number of fused-ring (bicyclic) bond motifs is 3. The average molecular weight is 406 g/mol. The Kier molecular flexibility index (Phi) is 5.39. The number of hydrogen-bond acceptors (Lipinski definition) is 3. The maximum atomic E-state index is 12.5. The molecule has 148 valence electrons. The zero-order valence-electron chi connectivity index (χ0n) is 16.5. The third kappa shape index (κ3) is 4.19. The Morgan fingerprint density at radius 1 is 1.03 bits per heavy atom. The molecule has 4 rings (SSSR count). The van der Waals surface area contributed by atoms with E-state index in [1.54, 1.807) is 24.3 Å². The van der Waals surface area contributed by atoms with E-state index in [9.17, 15) is 8.42 Å². The molecule has 0 aliphatic carbocycles. The lowest BCUT2D eigenvalue weighted by atomic mass is 9.92. The van der Waals surface area contributed by atoms with Crippen molar-refractivity contribution in [2.24, 2.45) is 0 Å². The number of ether oxygens (including phenoxy) is 1. The van der Waals surface area contributed by atoms with Crippen LogP contribution < -0.4 is 4.72 Å². The number of nitrogens with one attached hydrogen (secondary N) is 1. The molecule has 0 unspecified atom stereocenters. The molecule has 0 saturated heterocycles. The van der Waals surface area contributed by atoms with Crippen LogP contribution in [0.5, 0.6) is 0 Å². The topological polar surface area (TPSA) is 55.4 Å². The van der Waals surface area contributed by atoms with Crippen LogP contribution in [0.1, 0.15) is 23.6 Å². The third-order valence-electron chi connectivity index (χ3n) is 5.04. The van der Waals surface area contributed by atoms with Gasteiger partial charge in [0.25, 0.3) is 0 Å². The number of rotatable bonds is 4. The van der Waals surface area contributed by atoms with Crippen molar-refractivity contribution in [2.75, 3.05) is 13.2 Å². The summed E-state index contributed by atoms with van der Waals surface area (Å²) in [6, 6.07) is 19.3. The minimum Gasteiger partial charge on any atom is -0.371 e. The van der Waals surface area contributed by atoms with Gasteiger partial charge in [-0.15, -0.1) is 5.73 Å². The van der Waals surface area contributed by atoms with Crippen LogP contribution in [0.3, 0.4) is 0 Å². The zero-order chi connectivity index (χ0) is 20.4. The lowest BCUT2D eigenvalue weighted by Crippen LogP contribution is -2.25. The molecule has 4 nitrogen and oxygen atoms in total. The molecule has 0 bridgehead atoms. The molecule has 0 fully saturated rings. The standard InChI is InChI=1S/C24H23NO3S/c1-17-7-11-22(12-8-17)29(26,27)25-14-18(2)13-21-16-28-15-20-10-9-19-5-3-4-6-23(19)24(20)21/h3-12,25H,14-16H2,1-2H3. The van der Waals surface area contributed by atoms with Crippen LogP contribution in [-0.2, 0) is 21.4 Å². The molecule has 5 heteroatoms. The van der Waals surface area contributed by atoms with E-state index in [0.29, 0.717) is 13.2 Å². The molecule has 0 aromatic heterocycles. The van der Waals surface area contributed by atoms with E-state index < -0.39 is 10.0 Å². The summed E-state index contributed by atoms with van der Waals surface area (Å²) in [5.74, 6) is 0. The maximum Gasteiger partial charge on any atom is 0.240 e. The van der Waals surface area contributed by atoms with Gasteiger partial charge in [-0.3, -0.25) is 0 Å². The summed E-state index contributed by atoms with van der Waals surface area (Å²) >= 11 is 0. The van der Waals surface area contributed by atoms with E-state index in [2.05, 4.69) is 34.7 Å². The highest BCUT2D eigenvalue weighted by Gasteiger charge is 2.18. The Labute approximate surface area is 171 Å². The summed E-state index contributed by atoms with van der Waals surface area (Å²) in [5.41, 5.74) is 8.44. The molecule has 0 saturated carbocycles. The Bertz CT molecular complexity index is 1230. The first-order chi connectivity index (χ1) is 13.9. The van der Waals surface area contributed by atoms with Crippen molar-refractivity contribution in [3.63, 3.8) is 0 Å². The highest BCUT2D eigenvalue weighted by Crippen LogP contribution is 2.32. The third-order valence-corrected chi connectivity index (χ3v) is 6.46. The summed E-state index contributed by atoms with van der Waals surface area (Å²) in [6.07, 6.45) is 0. The van der Waals surface area contributed by atoms with Crippen molar-refractivity contribution in [1.29, 1.82) is 0 Å². The van der Waals surface area contributed by atoms with E-state index in [4.69, 9.17) is 4.74 Å². The average Bonchev–Trinajstić information content (AvgIpc) is 2.72. The van der Waals surface area contributed by atoms with Crippen molar-refractivity contribution in [3.05, 3.63) is 88.7 Å². The Hall–Kier alpha value is -2.69. The Balaban J connectivity index is 1.66. The van der Waals surface area contributed by atoms with Gasteiger partial charge in [-0.25, -0.2) is 13.1 Å². The molecule has 1 aliphatic rings. The summed E-state index contributed by atoms with van der Waals surface area (Å²) in [5, 5.41) is 2.34. The molecule has 0 spiro atoms. The Morgan fingerprint density at radius 2 is 1.79 bits per heavy atom. The monoisotopic (exact) mass is 405 g/mol. The molecule has 3 aromatic carbocycles. The van der Waals surface area contributed by atoms with Crippen LogP contribution >= 0.6 is 0 Å². The summed E-state index contributed by atoms with van der Waals surface area (Å²) in [4.78, 5) is 0.265. The molecule has 0 radical (unpaired) electrons. The maximum absolute atomic E-state index is 12.5. The van der Waals surface area contributed by atoms with E-state index in [1.807, 2.05) is 26.0 Å². The van der Waals surface area contributed by atoms with Gasteiger partial charge in [-0.2, -0.15) is 0 Å². The van der Waals surface area contributed by atoms with E-state index in [-0.39, 0.29) is 11.4 Å². The highest BCUT2D eigenvalue weighted by molar-refractivity contribution is 7.89. The van der Waals surface area contributed by atoms with Crippen LogP contribution in [0.15, 0.2) is 76.9 Å². The van der Waals surface area contributed by atoms with Gasteiger partial charge < -0.3 is 4.74 Å². The van der Waals surface area contributed by atoms with Crippen molar-refractivity contribution in [2.45, 2.75) is 25.3 Å². The van der Waals surface area contributed by atoms with Crippen LogP contribution in [0, 0.1) is 6.92 Å². The van der Waals surface area contributed by atoms with Gasteiger partial charge in [-0.05, 0) is 47.9 Å². The number of hydrogen-bond donors (Lipinski definition) is 1. The van der Waals surface area contributed by atoms with Crippen molar-refractivity contribution < 1.29 is 13.2 Å². The SMILES string of the molecule is CC(=C=C1COCc2ccc3ccccc3c21)CNS(=O)(=O)c1ccc(C)cc1. The molecule has 1 aliphatic heterocycles. The predicted octanol–water partition coefficient (Wildman–Crippen LogP) is 4.59. The van der Waals surface area contributed by atoms with Gasteiger partial charge in [0.1, 0.15) is 0 Å². The molecule has 29 heavy (non-hydrogen) atoms. The second kappa shape index (κ2) is 7.97. The van der Waals surface area contributed by atoms with Crippen molar-refractivity contribution in [1.82, 2.24) is 4.72 Å². The predicted molar refractivity (Wildman–Crippen MR) is 116 cm³/mol. The number of benzene rings is 3.